The molecule has 0 amide bonds. The van der Waals surface area contributed by atoms with Crippen LogP contribution in [0.4, 0.5) is 0 Å². The molecule has 0 spiro atoms. The van der Waals surface area contributed by atoms with Crippen LogP contribution in [0, 0.1) is 0 Å². The van der Waals surface area contributed by atoms with E-state index in [1.165, 1.54) is 21.0 Å². The molecule has 0 aromatic carbocycles. The van der Waals surface area contributed by atoms with Crippen molar-refractivity contribution in [2.45, 2.75) is 44.9 Å². The van der Waals surface area contributed by atoms with E-state index in [9.17, 15) is 4.79 Å². The molecular weight excluding hydrogens is 350 g/mol. The molecule has 2 rings (SSSR count). The van der Waals surface area contributed by atoms with Crippen molar-refractivity contribution < 1.29 is 19.7 Å². The predicted octanol–water partition coefficient (Wildman–Crippen LogP) is 1.06. The summed E-state index contributed by atoms with van der Waals surface area (Å²) >= 11 is 5.89. The van der Waals surface area contributed by atoms with Crippen molar-refractivity contribution in [1.29, 1.82) is 0 Å². The van der Waals surface area contributed by atoms with E-state index in [-0.39, 0.29) is 11.3 Å². The summed E-state index contributed by atoms with van der Waals surface area (Å²) in [5.74, 6) is -1.17. The van der Waals surface area contributed by atoms with Crippen LogP contribution >= 0.6 is 11.6 Å². The minimum atomic E-state index is -1.50. The van der Waals surface area contributed by atoms with Gasteiger partial charge in [0.15, 0.2) is 17.0 Å². The lowest BCUT2D eigenvalue weighted by molar-refractivity contribution is -0.127. The summed E-state index contributed by atoms with van der Waals surface area (Å²) in [6.45, 7) is 3.11. The lowest BCUT2D eigenvalue weighted by atomic mass is 10.1. The molecule has 9 nitrogen and oxygen atoms in total. The van der Waals surface area contributed by atoms with E-state index in [1.54, 1.807) is 6.33 Å². The van der Waals surface area contributed by atoms with Gasteiger partial charge in [-0.15, -0.1) is 0 Å². The normalized spacial score (nSPS) is 12.4. The predicted molar refractivity (Wildman–Crippen MR) is 93.4 cm³/mol. The Morgan fingerprint density at radius 1 is 1.40 bits per heavy atom. The summed E-state index contributed by atoms with van der Waals surface area (Å²) in [6, 6.07) is 0.0471. The fraction of sp³-hybridized carbons (Fsp3) is 0.600. The summed E-state index contributed by atoms with van der Waals surface area (Å²) in [6.07, 6.45) is 4.41. The molecule has 0 aliphatic heterocycles. The van der Waals surface area contributed by atoms with Crippen LogP contribution in [0.25, 0.3) is 11.2 Å². The SMILES string of the molecule is CC(C)(O)O.COc1nc(Cl)nc2c1ncn2C(CCN)CCC=O. The minimum Gasteiger partial charge on any atom is -0.479 e. The largest absolute Gasteiger partial charge is 0.479 e. The molecule has 2 aromatic heterocycles. The molecule has 0 radical (unpaired) electrons. The molecule has 2 aromatic rings. The first-order valence-electron chi connectivity index (χ1n) is 7.73. The van der Waals surface area contributed by atoms with E-state index >= 15 is 0 Å². The average Bonchev–Trinajstić information content (AvgIpc) is 2.92. The highest BCUT2D eigenvalue weighted by Gasteiger charge is 2.18. The van der Waals surface area contributed by atoms with E-state index in [0.717, 1.165) is 12.7 Å². The zero-order valence-corrected chi connectivity index (χ0v) is 15.3. The summed E-state index contributed by atoms with van der Waals surface area (Å²) < 4.78 is 7.03. The van der Waals surface area contributed by atoms with Crippen molar-refractivity contribution >= 4 is 29.1 Å². The van der Waals surface area contributed by atoms with Crippen LogP contribution in [0.1, 0.15) is 39.2 Å². The number of halogens is 1. The van der Waals surface area contributed by atoms with Gasteiger partial charge in [0, 0.05) is 12.5 Å². The van der Waals surface area contributed by atoms with Gasteiger partial charge in [-0.3, -0.25) is 0 Å². The molecule has 0 aliphatic carbocycles. The second kappa shape index (κ2) is 9.62. The van der Waals surface area contributed by atoms with E-state index in [4.69, 9.17) is 32.3 Å². The van der Waals surface area contributed by atoms with Gasteiger partial charge in [-0.05, 0) is 44.8 Å². The Morgan fingerprint density at radius 3 is 2.56 bits per heavy atom. The highest BCUT2D eigenvalue weighted by atomic mass is 35.5. The fourth-order valence-electron chi connectivity index (χ4n) is 2.15. The number of nitrogens with two attached hydrogens (primary N) is 1. The van der Waals surface area contributed by atoms with Crippen molar-refractivity contribution in [1.82, 2.24) is 19.5 Å². The van der Waals surface area contributed by atoms with Gasteiger partial charge in [-0.25, -0.2) is 4.98 Å². The van der Waals surface area contributed by atoms with Gasteiger partial charge in [0.2, 0.25) is 11.2 Å². The number of aldehydes is 1. The van der Waals surface area contributed by atoms with E-state index in [0.29, 0.717) is 36.4 Å². The Kier molecular flexibility index (Phi) is 8.17. The van der Waals surface area contributed by atoms with Crippen LogP contribution < -0.4 is 10.5 Å². The number of carbonyl (C=O) groups is 1. The Bertz CT molecular complexity index is 680. The van der Waals surface area contributed by atoms with Crippen LogP contribution in [0.3, 0.4) is 0 Å². The van der Waals surface area contributed by atoms with Gasteiger partial charge in [0.1, 0.15) is 6.29 Å². The molecule has 2 heterocycles. The number of hydrogen-bond acceptors (Lipinski definition) is 8. The molecule has 1 atom stereocenters. The third-order valence-corrected chi connectivity index (χ3v) is 3.24. The molecule has 0 bridgehead atoms. The zero-order chi connectivity index (χ0) is 19.0. The number of carbonyl (C=O) groups excluding carboxylic acids is 1. The van der Waals surface area contributed by atoms with Crippen LogP contribution in [0.2, 0.25) is 5.28 Å². The smallest absolute Gasteiger partial charge is 0.246 e. The second-order valence-electron chi connectivity index (χ2n) is 5.80. The number of ether oxygens (including phenoxy) is 1. The summed E-state index contributed by atoms with van der Waals surface area (Å²) in [5.41, 5.74) is 6.77. The Balaban J connectivity index is 0.000000550. The number of imidazole rings is 1. The van der Waals surface area contributed by atoms with E-state index in [2.05, 4.69) is 15.0 Å². The summed E-state index contributed by atoms with van der Waals surface area (Å²) in [4.78, 5) is 23.0. The average molecular weight is 374 g/mol. The maximum atomic E-state index is 10.6. The Morgan fingerprint density at radius 2 is 2.04 bits per heavy atom. The standard InChI is InChI=1S/C12H16ClN5O2.C3H8O2/c1-20-11-9-10(16-12(13)17-11)18(7-15-9)8(4-5-14)3-2-6-19;1-3(2,4)5/h6-8H,2-5,14H2,1H3;4-5H,1-2H3. The van der Waals surface area contributed by atoms with Gasteiger partial charge in [0.25, 0.3) is 0 Å². The Hall–Kier alpha value is -1.81. The topological polar surface area (TPSA) is 136 Å². The van der Waals surface area contributed by atoms with Crippen molar-refractivity contribution in [3.05, 3.63) is 11.6 Å². The van der Waals surface area contributed by atoms with Gasteiger partial charge >= 0.3 is 0 Å². The van der Waals surface area contributed by atoms with Gasteiger partial charge < -0.3 is 30.0 Å². The number of hydrogen-bond donors (Lipinski definition) is 3. The maximum Gasteiger partial charge on any atom is 0.246 e. The third-order valence-electron chi connectivity index (χ3n) is 3.07. The zero-order valence-electron chi connectivity index (χ0n) is 14.5. The summed E-state index contributed by atoms with van der Waals surface area (Å²) in [5, 5.41) is 16.2. The van der Waals surface area contributed by atoms with Crippen molar-refractivity contribution in [2.75, 3.05) is 13.7 Å². The second-order valence-corrected chi connectivity index (χ2v) is 6.13. The molecule has 0 saturated carbocycles. The van der Waals surface area contributed by atoms with Gasteiger partial charge in [-0.2, -0.15) is 9.97 Å². The lowest BCUT2D eigenvalue weighted by Crippen LogP contribution is -2.15. The third kappa shape index (κ3) is 6.91. The molecule has 4 N–H and O–H groups in total. The minimum absolute atomic E-state index is 0.0471. The fourth-order valence-corrected chi connectivity index (χ4v) is 2.31. The number of nitrogens with zero attached hydrogens (tertiary/aromatic N) is 4. The van der Waals surface area contributed by atoms with Crippen molar-refractivity contribution in [3.63, 3.8) is 0 Å². The number of rotatable bonds is 7. The first-order chi connectivity index (χ1) is 11.7. The van der Waals surface area contributed by atoms with E-state index < -0.39 is 5.79 Å². The van der Waals surface area contributed by atoms with Crippen LogP contribution in [0.15, 0.2) is 6.33 Å². The van der Waals surface area contributed by atoms with Crippen LogP contribution in [0.5, 0.6) is 5.88 Å². The Labute approximate surface area is 150 Å². The number of fused-ring (bicyclic) bond motifs is 1. The number of aromatic nitrogens is 4. The highest BCUT2D eigenvalue weighted by molar-refractivity contribution is 6.28. The first-order valence-corrected chi connectivity index (χ1v) is 8.11. The maximum absolute atomic E-state index is 10.6. The summed E-state index contributed by atoms with van der Waals surface area (Å²) in [7, 11) is 1.50. The lowest BCUT2D eigenvalue weighted by Gasteiger charge is -2.17. The molecule has 1 unspecified atom stereocenters. The van der Waals surface area contributed by atoms with E-state index in [1.807, 2.05) is 4.57 Å². The molecule has 0 fully saturated rings. The van der Waals surface area contributed by atoms with Crippen molar-refractivity contribution in [3.8, 4) is 5.88 Å². The van der Waals surface area contributed by atoms with Crippen molar-refractivity contribution in [2.24, 2.45) is 5.73 Å². The molecule has 0 saturated heterocycles. The van der Waals surface area contributed by atoms with Gasteiger partial charge in [-0.1, -0.05) is 0 Å². The number of aliphatic hydroxyl groups is 2. The highest BCUT2D eigenvalue weighted by Crippen LogP contribution is 2.27. The molecule has 140 valence electrons. The van der Waals surface area contributed by atoms with Crippen LogP contribution in [-0.4, -0.2) is 55.5 Å². The van der Waals surface area contributed by atoms with Crippen LogP contribution in [-0.2, 0) is 4.79 Å². The quantitative estimate of drug-likeness (QED) is 0.372. The number of methoxy groups -OCH3 is 1. The molecule has 10 heteroatoms. The van der Waals surface area contributed by atoms with Gasteiger partial charge in [0.05, 0.1) is 13.4 Å². The monoisotopic (exact) mass is 373 g/mol. The molecule has 0 aliphatic rings. The first kappa shape index (κ1) is 21.2. The molecular formula is C15H24ClN5O4. The molecule has 25 heavy (non-hydrogen) atoms.